The molecule has 0 bridgehead atoms. The third-order valence-electron chi connectivity index (χ3n) is 3.42. The number of rotatable bonds is 8. The van der Waals surface area contributed by atoms with Gasteiger partial charge in [-0.1, -0.05) is 0 Å². The van der Waals surface area contributed by atoms with E-state index in [-0.39, 0.29) is 42.8 Å². The smallest absolute Gasteiger partial charge is 0.265 e. The summed E-state index contributed by atoms with van der Waals surface area (Å²) >= 11 is 0. The molecule has 0 amide bonds. The Hall–Kier alpha value is -0.310. The predicted octanol–water partition coefficient (Wildman–Crippen LogP) is -1.75. The van der Waals surface area contributed by atoms with E-state index in [9.17, 15) is 25.3 Å². The van der Waals surface area contributed by atoms with Gasteiger partial charge in [-0.25, -0.2) is 13.1 Å². The molecule has 0 aromatic heterocycles. The lowest BCUT2D eigenvalue weighted by atomic mass is 10.3. The fraction of sp³-hybridized carbons (Fsp3) is 1.00. The lowest BCUT2D eigenvalue weighted by molar-refractivity contribution is -0.917. The largest absolute Gasteiger partial charge is 0.309 e. The van der Waals surface area contributed by atoms with E-state index in [2.05, 4.69) is 4.72 Å². The van der Waals surface area contributed by atoms with Crippen molar-refractivity contribution < 1.29 is 38.8 Å². The standard InChI is InChI=1S/C9H20N2O8S3/c12-20(13)9-11(6-3-10-20,4-1-7-21(14,15)16)5-2-8-22(17,18)19/h10H,1-9H2,(H-,14,15,16,17,18,19)/p+1. The summed E-state index contributed by atoms with van der Waals surface area (Å²) in [5.74, 6) is -1.26. The molecule has 0 unspecified atom stereocenters. The van der Waals surface area contributed by atoms with Crippen molar-refractivity contribution in [2.24, 2.45) is 0 Å². The number of hydrogen-bond acceptors (Lipinski definition) is 6. The molecule has 1 aliphatic rings. The first kappa shape index (κ1) is 19.7. The van der Waals surface area contributed by atoms with E-state index in [1.165, 1.54) is 0 Å². The number of sulfonamides is 1. The highest BCUT2D eigenvalue weighted by Gasteiger charge is 2.37. The average Bonchev–Trinajstić information content (AvgIpc) is 2.23. The summed E-state index contributed by atoms with van der Waals surface area (Å²) in [5.41, 5.74) is 0. The number of nitrogens with one attached hydrogen (secondary N) is 1. The van der Waals surface area contributed by atoms with Gasteiger partial charge in [0.15, 0.2) is 5.88 Å². The average molecular weight is 381 g/mol. The van der Waals surface area contributed by atoms with Gasteiger partial charge in [0, 0.05) is 12.8 Å². The molecular weight excluding hydrogens is 360 g/mol. The maximum atomic E-state index is 11.7. The third-order valence-corrected chi connectivity index (χ3v) is 6.56. The van der Waals surface area contributed by atoms with E-state index in [0.29, 0.717) is 6.54 Å². The number of hydrogen-bond donors (Lipinski definition) is 3. The van der Waals surface area contributed by atoms with Gasteiger partial charge in [-0.2, -0.15) is 16.8 Å². The number of nitrogens with zero attached hydrogens (tertiary/aromatic N) is 1. The van der Waals surface area contributed by atoms with Gasteiger partial charge in [-0.05, 0) is 0 Å². The molecule has 1 rings (SSSR count). The van der Waals surface area contributed by atoms with E-state index >= 15 is 0 Å². The molecule has 1 aliphatic heterocycles. The van der Waals surface area contributed by atoms with E-state index < -0.39 is 41.8 Å². The molecular formula is C9H21N2O8S3+. The van der Waals surface area contributed by atoms with Crippen molar-refractivity contribution in [3.63, 3.8) is 0 Å². The van der Waals surface area contributed by atoms with Crippen LogP contribution in [-0.2, 0) is 30.3 Å². The third kappa shape index (κ3) is 7.80. The molecule has 3 N–H and O–H groups in total. The molecule has 0 aromatic rings. The van der Waals surface area contributed by atoms with Crippen LogP contribution >= 0.6 is 0 Å². The molecule has 1 saturated heterocycles. The lowest BCUT2D eigenvalue weighted by Crippen LogP contribution is -2.61. The molecule has 22 heavy (non-hydrogen) atoms. The Morgan fingerprint density at radius 1 is 0.955 bits per heavy atom. The fourth-order valence-electron chi connectivity index (χ4n) is 2.54. The summed E-state index contributed by atoms with van der Waals surface area (Å²) in [4.78, 5) is 0. The van der Waals surface area contributed by atoms with Gasteiger partial charge >= 0.3 is 0 Å². The molecule has 10 nitrogen and oxygen atoms in total. The van der Waals surface area contributed by atoms with Gasteiger partial charge in [-0.3, -0.25) is 9.11 Å². The van der Waals surface area contributed by atoms with Gasteiger partial charge < -0.3 is 4.48 Å². The number of quaternary nitrogens is 1. The first-order valence-corrected chi connectivity index (χ1v) is 11.4. The van der Waals surface area contributed by atoms with Crippen LogP contribution in [0.1, 0.15) is 12.8 Å². The predicted molar refractivity (Wildman–Crippen MR) is 78.7 cm³/mol. The molecule has 0 atom stereocenters. The van der Waals surface area contributed by atoms with Crippen LogP contribution in [0, 0.1) is 0 Å². The van der Waals surface area contributed by atoms with Gasteiger partial charge in [0.25, 0.3) is 30.3 Å². The quantitative estimate of drug-likeness (QED) is 0.330. The van der Waals surface area contributed by atoms with E-state index in [0.717, 1.165) is 0 Å². The Morgan fingerprint density at radius 2 is 1.41 bits per heavy atom. The monoisotopic (exact) mass is 381 g/mol. The Bertz CT molecular complexity index is 644. The Kier molecular flexibility index (Phi) is 6.34. The fourth-order valence-corrected chi connectivity index (χ4v) is 5.13. The van der Waals surface area contributed by atoms with Crippen LogP contribution in [0.25, 0.3) is 0 Å². The zero-order chi connectivity index (χ0) is 17.1. The van der Waals surface area contributed by atoms with Crippen molar-refractivity contribution in [2.75, 3.05) is 43.6 Å². The molecule has 132 valence electrons. The van der Waals surface area contributed by atoms with Gasteiger partial charge in [0.2, 0.25) is 0 Å². The summed E-state index contributed by atoms with van der Waals surface area (Å²) in [6, 6.07) is 0. The highest BCUT2D eigenvalue weighted by Crippen LogP contribution is 2.16. The van der Waals surface area contributed by atoms with Crippen molar-refractivity contribution in [2.45, 2.75) is 12.8 Å². The van der Waals surface area contributed by atoms with Gasteiger partial charge in [0.05, 0.1) is 37.7 Å². The van der Waals surface area contributed by atoms with Crippen molar-refractivity contribution >= 4 is 30.3 Å². The van der Waals surface area contributed by atoms with Crippen molar-refractivity contribution in [1.82, 2.24) is 4.72 Å². The second-order valence-corrected chi connectivity index (χ2v) is 10.4. The molecule has 0 aliphatic carbocycles. The van der Waals surface area contributed by atoms with Gasteiger partial charge in [0.1, 0.15) is 0 Å². The highest BCUT2D eigenvalue weighted by atomic mass is 32.2. The second kappa shape index (κ2) is 7.07. The van der Waals surface area contributed by atoms with E-state index in [4.69, 9.17) is 9.11 Å². The first-order chi connectivity index (χ1) is 9.83. The van der Waals surface area contributed by atoms with Crippen LogP contribution in [0.2, 0.25) is 0 Å². The van der Waals surface area contributed by atoms with Crippen molar-refractivity contribution in [3.8, 4) is 0 Å². The zero-order valence-electron chi connectivity index (χ0n) is 11.9. The summed E-state index contributed by atoms with van der Waals surface area (Å²) < 4.78 is 86.3. The topological polar surface area (TPSA) is 155 Å². The maximum absolute atomic E-state index is 11.7. The second-order valence-electron chi connectivity index (χ2n) is 5.43. The van der Waals surface area contributed by atoms with Crippen LogP contribution in [0.3, 0.4) is 0 Å². The van der Waals surface area contributed by atoms with E-state index in [1.54, 1.807) is 0 Å². The normalized spacial score (nSPS) is 21.5. The highest BCUT2D eigenvalue weighted by molar-refractivity contribution is 7.89. The lowest BCUT2D eigenvalue weighted by Gasteiger charge is -2.41. The summed E-state index contributed by atoms with van der Waals surface area (Å²) in [7, 11) is -11.8. The Morgan fingerprint density at radius 3 is 1.77 bits per heavy atom. The minimum atomic E-state index is -4.14. The zero-order valence-corrected chi connectivity index (χ0v) is 14.3. The summed E-state index contributed by atoms with van der Waals surface area (Å²) in [5, 5.41) is 0. The molecule has 0 aromatic carbocycles. The van der Waals surface area contributed by atoms with Crippen LogP contribution in [-0.4, -0.2) is 82.4 Å². The minimum Gasteiger partial charge on any atom is -0.309 e. The van der Waals surface area contributed by atoms with Crippen LogP contribution < -0.4 is 4.72 Å². The van der Waals surface area contributed by atoms with Crippen LogP contribution in [0.5, 0.6) is 0 Å². The van der Waals surface area contributed by atoms with Gasteiger partial charge in [-0.15, -0.1) is 0 Å². The molecule has 0 spiro atoms. The van der Waals surface area contributed by atoms with Crippen molar-refractivity contribution in [3.05, 3.63) is 0 Å². The molecule has 0 saturated carbocycles. The van der Waals surface area contributed by atoms with Crippen LogP contribution in [0.15, 0.2) is 0 Å². The minimum absolute atomic E-state index is 0.000370. The molecule has 0 radical (unpaired) electrons. The summed E-state index contributed by atoms with van der Waals surface area (Å²) in [6.45, 7) is 0.897. The summed E-state index contributed by atoms with van der Waals surface area (Å²) in [6.07, 6.45) is 0.112. The Labute approximate surface area is 130 Å². The molecule has 1 heterocycles. The first-order valence-electron chi connectivity index (χ1n) is 6.55. The SMILES string of the molecule is O=S(=O)(O)CCC[N+]1(CCCS(=O)(=O)O)CCNS(=O)(=O)C1. The molecule has 1 fully saturated rings. The molecule has 13 heteroatoms. The van der Waals surface area contributed by atoms with Crippen molar-refractivity contribution in [1.29, 1.82) is 0 Å². The maximum Gasteiger partial charge on any atom is 0.265 e. The van der Waals surface area contributed by atoms with Crippen LogP contribution in [0.4, 0.5) is 0 Å². The van der Waals surface area contributed by atoms with E-state index in [1.807, 2.05) is 0 Å². The Balaban J connectivity index is 2.76.